The lowest BCUT2D eigenvalue weighted by atomic mass is 10.1. The Labute approximate surface area is 318 Å². The number of aromatic carboxylic acids is 2. The average molecular weight is 809 g/mol. The minimum absolute atomic E-state index is 0.0101. The summed E-state index contributed by atoms with van der Waals surface area (Å²) in [7, 11) is 0. The van der Waals surface area contributed by atoms with Gasteiger partial charge in [0.15, 0.2) is 0 Å². The van der Waals surface area contributed by atoms with Crippen molar-refractivity contribution >= 4 is 103 Å². The smallest absolute Gasteiger partial charge is 0.345 e. The van der Waals surface area contributed by atoms with Gasteiger partial charge in [0.05, 0.1) is 0 Å². The van der Waals surface area contributed by atoms with E-state index in [0.29, 0.717) is 12.8 Å². The van der Waals surface area contributed by atoms with Crippen molar-refractivity contribution in [2.24, 2.45) is 0 Å². The van der Waals surface area contributed by atoms with Crippen LogP contribution in [0.2, 0.25) is 0 Å². The first-order chi connectivity index (χ1) is 24.5. The van der Waals surface area contributed by atoms with Crippen molar-refractivity contribution in [3.63, 3.8) is 0 Å². The molecule has 0 bridgehead atoms. The fraction of sp³-hybridized carbons (Fsp3) is 0.111. The molecular formula is C36H24O8S7. The minimum Gasteiger partial charge on any atom is -0.481 e. The Morgan fingerprint density at radius 1 is 0.392 bits per heavy atom. The van der Waals surface area contributed by atoms with Gasteiger partial charge in [-0.2, -0.15) is 0 Å². The number of aryl methyl sites for hydroxylation is 2. The maximum Gasteiger partial charge on any atom is 0.345 e. The summed E-state index contributed by atoms with van der Waals surface area (Å²) in [5, 5.41) is 37.7. The molecule has 258 valence electrons. The Morgan fingerprint density at radius 3 is 1.06 bits per heavy atom. The van der Waals surface area contributed by atoms with E-state index < -0.39 is 23.9 Å². The van der Waals surface area contributed by atoms with Gasteiger partial charge in [0.25, 0.3) is 0 Å². The van der Waals surface area contributed by atoms with E-state index in [2.05, 4.69) is 12.1 Å². The molecule has 0 amide bonds. The van der Waals surface area contributed by atoms with Gasteiger partial charge in [-0.15, -0.1) is 79.4 Å². The number of hydrogen-bond acceptors (Lipinski definition) is 11. The van der Waals surface area contributed by atoms with Crippen LogP contribution in [0.15, 0.2) is 72.8 Å². The van der Waals surface area contributed by atoms with Crippen LogP contribution in [0.25, 0.3) is 58.5 Å². The molecule has 0 saturated heterocycles. The first-order valence-corrected chi connectivity index (χ1v) is 20.9. The van der Waals surface area contributed by atoms with E-state index in [1.165, 1.54) is 22.7 Å². The maximum atomic E-state index is 11.6. The molecule has 0 atom stereocenters. The van der Waals surface area contributed by atoms with Crippen LogP contribution < -0.4 is 0 Å². The standard InChI is InChI=1S/C36H24O8S7/c37-31(38)13-1-17-15-29(23-5-3-19(45-23)21-7-11-27(47-21)35(41)42)50-33(17)25-9-10-26(49-25)34-18(2-14-32(39)40)16-30(51-34)24-6-4-20(46-24)22-8-12-28(48-22)36(43)44/h3-12,15-16H,1-2,13-14H2,(H,37,38)(H,39,40)(H,41,42)(H,43,44). The van der Waals surface area contributed by atoms with Crippen LogP contribution in [0.1, 0.15) is 43.3 Å². The monoisotopic (exact) mass is 808 g/mol. The van der Waals surface area contributed by atoms with Crippen LogP contribution in [0, 0.1) is 0 Å². The molecule has 0 fully saturated rings. The summed E-state index contributed by atoms with van der Waals surface area (Å²) in [6.07, 6.45) is 0.713. The molecule has 0 radical (unpaired) electrons. The first kappa shape index (κ1) is 35.2. The van der Waals surface area contributed by atoms with E-state index in [4.69, 9.17) is 0 Å². The van der Waals surface area contributed by atoms with Crippen LogP contribution >= 0.6 is 79.4 Å². The number of hydrogen-bond donors (Lipinski definition) is 4. The molecule has 7 heterocycles. The number of rotatable bonds is 14. The van der Waals surface area contributed by atoms with E-state index in [9.17, 15) is 39.6 Å². The van der Waals surface area contributed by atoms with Gasteiger partial charge in [0, 0.05) is 71.4 Å². The molecule has 0 aliphatic heterocycles. The minimum atomic E-state index is -0.954. The summed E-state index contributed by atoms with van der Waals surface area (Å²) in [5.41, 5.74) is 1.88. The molecular weight excluding hydrogens is 785 g/mol. The van der Waals surface area contributed by atoms with Gasteiger partial charge in [-0.3, -0.25) is 9.59 Å². The highest BCUT2D eigenvalue weighted by Crippen LogP contribution is 2.49. The molecule has 7 rings (SSSR count). The van der Waals surface area contributed by atoms with Crippen LogP contribution in [-0.2, 0) is 22.4 Å². The Morgan fingerprint density at radius 2 is 0.706 bits per heavy atom. The second-order valence-electron chi connectivity index (χ2n) is 11.1. The third-order valence-electron chi connectivity index (χ3n) is 7.70. The summed E-state index contributed by atoms with van der Waals surface area (Å²) < 4.78 is 0. The summed E-state index contributed by atoms with van der Waals surface area (Å²) >= 11 is 10.4. The molecule has 15 heteroatoms. The molecule has 7 aromatic rings. The van der Waals surface area contributed by atoms with Crippen LogP contribution in [0.3, 0.4) is 0 Å². The van der Waals surface area contributed by atoms with Crippen molar-refractivity contribution in [1.29, 1.82) is 0 Å². The molecule has 7 aromatic heterocycles. The molecule has 51 heavy (non-hydrogen) atoms. The maximum absolute atomic E-state index is 11.6. The van der Waals surface area contributed by atoms with Crippen molar-refractivity contribution in [1.82, 2.24) is 0 Å². The van der Waals surface area contributed by atoms with Crippen molar-refractivity contribution < 1.29 is 39.6 Å². The molecule has 0 aliphatic carbocycles. The quantitative estimate of drug-likeness (QED) is 0.0848. The Balaban J connectivity index is 1.21. The van der Waals surface area contributed by atoms with Gasteiger partial charge in [-0.1, -0.05) is 0 Å². The zero-order valence-corrected chi connectivity index (χ0v) is 31.8. The Kier molecular flexibility index (Phi) is 10.2. The van der Waals surface area contributed by atoms with Crippen molar-refractivity contribution in [2.75, 3.05) is 0 Å². The molecule has 0 aromatic carbocycles. The van der Waals surface area contributed by atoms with Crippen LogP contribution in [0.4, 0.5) is 0 Å². The predicted molar refractivity (Wildman–Crippen MR) is 210 cm³/mol. The number of carboxylic acid groups (broad SMARTS) is 4. The van der Waals surface area contributed by atoms with E-state index in [1.807, 2.05) is 48.5 Å². The first-order valence-electron chi connectivity index (χ1n) is 15.2. The molecule has 0 aliphatic rings. The SMILES string of the molecule is O=C(O)CCc1cc(-c2ccc(-c3ccc(C(=O)O)s3)s2)sc1-c1ccc(-c2sc(-c3ccc(-c4ccc(C(=O)O)s4)s3)cc2CCC(=O)O)s1. The Hall–Kier alpha value is -4.22. The summed E-state index contributed by atoms with van der Waals surface area (Å²) in [6.45, 7) is 0. The number of carbonyl (C=O) groups is 4. The predicted octanol–water partition coefficient (Wildman–Crippen LogP) is 11.5. The van der Waals surface area contributed by atoms with Crippen LogP contribution in [0.5, 0.6) is 0 Å². The largest absolute Gasteiger partial charge is 0.481 e. The van der Waals surface area contributed by atoms with Gasteiger partial charge in [-0.05, 0) is 96.8 Å². The number of carboxylic acids is 4. The summed E-state index contributed by atoms with van der Waals surface area (Å²) in [5.74, 6) is -3.66. The van der Waals surface area contributed by atoms with Gasteiger partial charge in [0.2, 0.25) is 0 Å². The lowest BCUT2D eigenvalue weighted by molar-refractivity contribution is -0.138. The number of aliphatic carboxylic acids is 2. The van der Waals surface area contributed by atoms with Crippen LogP contribution in [-0.4, -0.2) is 44.3 Å². The third kappa shape index (κ3) is 7.70. The van der Waals surface area contributed by atoms with Gasteiger partial charge in [0.1, 0.15) is 9.75 Å². The fourth-order valence-corrected chi connectivity index (χ4v) is 13.1. The third-order valence-corrected chi connectivity index (χ3v) is 16.6. The lowest BCUT2D eigenvalue weighted by Crippen LogP contribution is -1.97. The normalized spacial score (nSPS) is 11.3. The van der Waals surface area contributed by atoms with Gasteiger partial charge in [-0.25, -0.2) is 9.59 Å². The lowest BCUT2D eigenvalue weighted by Gasteiger charge is -2.01. The molecule has 0 spiro atoms. The van der Waals surface area contributed by atoms with E-state index in [1.54, 1.807) is 68.8 Å². The second kappa shape index (κ2) is 14.8. The second-order valence-corrected chi connectivity index (χ2v) is 18.7. The fourth-order valence-electron chi connectivity index (χ4n) is 5.33. The zero-order chi connectivity index (χ0) is 35.8. The molecule has 8 nitrogen and oxygen atoms in total. The highest BCUT2D eigenvalue weighted by atomic mass is 32.1. The van der Waals surface area contributed by atoms with E-state index in [-0.39, 0.29) is 22.6 Å². The summed E-state index contributed by atoms with van der Waals surface area (Å²) in [6, 6.07) is 23.0. The highest BCUT2D eigenvalue weighted by molar-refractivity contribution is 7.31. The topological polar surface area (TPSA) is 149 Å². The highest BCUT2D eigenvalue weighted by Gasteiger charge is 2.21. The van der Waals surface area contributed by atoms with Crippen molar-refractivity contribution in [2.45, 2.75) is 25.7 Å². The number of thiophene rings is 7. The average Bonchev–Trinajstić information content (AvgIpc) is 3.94. The van der Waals surface area contributed by atoms with Gasteiger partial charge >= 0.3 is 23.9 Å². The van der Waals surface area contributed by atoms with E-state index in [0.717, 1.165) is 69.7 Å². The Bertz CT molecular complexity index is 2260. The molecule has 0 saturated carbocycles. The summed E-state index contributed by atoms with van der Waals surface area (Å²) in [4.78, 5) is 58.2. The van der Waals surface area contributed by atoms with Gasteiger partial charge < -0.3 is 20.4 Å². The van der Waals surface area contributed by atoms with Crippen molar-refractivity contribution in [3.8, 4) is 58.5 Å². The van der Waals surface area contributed by atoms with Crippen molar-refractivity contribution in [3.05, 3.63) is 93.7 Å². The molecule has 0 unspecified atom stereocenters. The van der Waals surface area contributed by atoms with E-state index >= 15 is 0 Å². The molecule has 4 N–H and O–H groups in total. The zero-order valence-electron chi connectivity index (χ0n) is 26.0.